The van der Waals surface area contributed by atoms with Gasteiger partial charge in [0.2, 0.25) is 23.6 Å². The fourth-order valence-corrected chi connectivity index (χ4v) is 12.0. The summed E-state index contributed by atoms with van der Waals surface area (Å²) in [4.78, 5) is 131. The van der Waals surface area contributed by atoms with Gasteiger partial charge in [-0.25, -0.2) is 9.36 Å². The number of nitrogens with zero attached hydrogens (tertiary/aromatic N) is 8. The van der Waals surface area contributed by atoms with Gasteiger partial charge >= 0.3 is 11.9 Å². The summed E-state index contributed by atoms with van der Waals surface area (Å²) in [6, 6.07) is 29.9. The number of amides is 4. The fourth-order valence-electron chi connectivity index (χ4n) is 12.0. The molecule has 22 nitrogen and oxygen atoms in total. The number of ether oxygens (including phenoxy) is 2. The molecule has 0 saturated carbocycles. The number of hydrogen-bond donors (Lipinski definition) is 2. The maximum absolute atomic E-state index is 13.8. The number of hydrogen-bond acceptors (Lipinski definition) is 16. The minimum atomic E-state index is -0.633. The first-order valence-corrected chi connectivity index (χ1v) is 35.0. The molecule has 536 valence electrons. The van der Waals surface area contributed by atoms with Crippen LogP contribution in [0, 0.1) is 21.7 Å². The third-order valence-electron chi connectivity index (χ3n) is 17.0. The van der Waals surface area contributed by atoms with E-state index in [9.17, 15) is 47.9 Å². The number of esters is 2. The Morgan fingerprint density at radius 3 is 1.15 bits per heavy atom. The largest absolute Gasteiger partial charge is 0.463 e. The highest BCUT2D eigenvalue weighted by molar-refractivity contribution is 6.09. The summed E-state index contributed by atoms with van der Waals surface area (Å²) < 4.78 is 13.5. The summed E-state index contributed by atoms with van der Waals surface area (Å²) in [6.07, 6.45) is 6.73. The van der Waals surface area contributed by atoms with Crippen LogP contribution in [-0.2, 0) is 83.6 Å². The zero-order chi connectivity index (χ0) is 73.0. The second-order valence-corrected chi connectivity index (χ2v) is 30.9. The van der Waals surface area contributed by atoms with E-state index in [0.717, 1.165) is 60.8 Å². The Balaban J connectivity index is 0.000000281. The highest BCUT2D eigenvalue weighted by Crippen LogP contribution is 2.43. The molecule has 0 atom stereocenters. The molecule has 6 aromatic rings. The van der Waals surface area contributed by atoms with Crippen molar-refractivity contribution < 1.29 is 57.4 Å². The van der Waals surface area contributed by atoms with Crippen LogP contribution in [0.15, 0.2) is 97.1 Å². The zero-order valence-electron chi connectivity index (χ0n) is 60.7. The normalized spacial score (nSPS) is 12.6. The molecular weight excluding hydrogens is 1270 g/mol. The predicted molar refractivity (Wildman–Crippen MR) is 384 cm³/mol. The van der Waals surface area contributed by atoms with Crippen molar-refractivity contribution in [1.29, 1.82) is 0 Å². The van der Waals surface area contributed by atoms with E-state index in [4.69, 9.17) is 9.47 Å². The molecular formula is C78H102N10O12. The van der Waals surface area contributed by atoms with Gasteiger partial charge in [0.25, 0.3) is 0 Å². The number of rotatable bonds is 30. The highest BCUT2D eigenvalue weighted by atomic mass is 16.5. The van der Waals surface area contributed by atoms with Crippen LogP contribution in [-0.4, -0.2) is 115 Å². The Bertz CT molecular complexity index is 3890. The minimum Gasteiger partial charge on any atom is -0.463 e. The highest BCUT2D eigenvalue weighted by Gasteiger charge is 2.33. The van der Waals surface area contributed by atoms with Gasteiger partial charge in [-0.2, -0.15) is 0 Å². The average molecular weight is 1370 g/mol. The topological polar surface area (TPSA) is 281 Å². The molecule has 100 heavy (non-hydrogen) atoms. The van der Waals surface area contributed by atoms with Crippen molar-refractivity contribution >= 4 is 70.1 Å². The molecule has 0 fully saturated rings. The van der Waals surface area contributed by atoms with Crippen molar-refractivity contribution in [1.82, 2.24) is 40.6 Å². The summed E-state index contributed by atoms with van der Waals surface area (Å²) in [7, 11) is 0. The number of benzene rings is 4. The Hall–Kier alpha value is -9.34. The molecule has 0 bridgehead atoms. The second kappa shape index (κ2) is 35.6. The molecule has 22 heteroatoms. The maximum atomic E-state index is 13.8. The number of aromatic nitrogens is 6. The molecule has 4 aromatic carbocycles. The number of carbonyl (C=O) groups is 10. The van der Waals surface area contributed by atoms with Crippen LogP contribution < -0.4 is 20.4 Å². The Kier molecular flexibility index (Phi) is 27.8. The average Bonchev–Trinajstić information content (AvgIpc) is 1.50. The zero-order valence-corrected chi connectivity index (χ0v) is 60.7. The van der Waals surface area contributed by atoms with E-state index < -0.39 is 48.4 Å². The predicted octanol–water partition coefficient (Wildman–Crippen LogP) is 12.9. The van der Waals surface area contributed by atoms with Crippen LogP contribution >= 0.6 is 0 Å². The van der Waals surface area contributed by atoms with Gasteiger partial charge in [0.1, 0.15) is 74.9 Å². The van der Waals surface area contributed by atoms with Gasteiger partial charge < -0.3 is 29.9 Å². The lowest BCUT2D eigenvalue weighted by Crippen LogP contribution is -2.37. The lowest BCUT2D eigenvalue weighted by Gasteiger charge is -2.28. The lowest BCUT2D eigenvalue weighted by atomic mass is 9.89. The van der Waals surface area contributed by atoms with Crippen LogP contribution in [0.25, 0.3) is 45.0 Å². The first-order valence-electron chi connectivity index (χ1n) is 35.0. The van der Waals surface area contributed by atoms with Crippen LogP contribution in [0.1, 0.15) is 197 Å². The molecule has 0 unspecified atom stereocenters. The van der Waals surface area contributed by atoms with Crippen molar-refractivity contribution in [3.63, 3.8) is 0 Å². The molecule has 4 amide bonds. The van der Waals surface area contributed by atoms with E-state index >= 15 is 0 Å². The molecule has 0 spiro atoms. The molecule has 2 aliphatic rings. The Morgan fingerprint density at radius 1 is 0.400 bits per heavy atom. The van der Waals surface area contributed by atoms with E-state index in [1.807, 2.05) is 97.1 Å². The van der Waals surface area contributed by atoms with Crippen molar-refractivity contribution in [2.24, 2.45) is 21.7 Å². The number of nitrogens with one attached hydrogen (secondary N) is 2. The number of para-hydroxylation sites is 2. The van der Waals surface area contributed by atoms with E-state index in [-0.39, 0.29) is 110 Å². The van der Waals surface area contributed by atoms with Crippen molar-refractivity contribution in [3.8, 4) is 45.0 Å². The van der Waals surface area contributed by atoms with Crippen molar-refractivity contribution in [2.45, 2.75) is 212 Å². The lowest BCUT2D eigenvalue weighted by molar-refractivity contribution is -0.147. The fraction of sp³-hybridized carbons (Fsp3) is 0.513. The van der Waals surface area contributed by atoms with Gasteiger partial charge in [-0.1, -0.05) is 178 Å². The number of anilines is 2. The van der Waals surface area contributed by atoms with Crippen molar-refractivity contribution in [3.05, 3.63) is 108 Å². The third kappa shape index (κ3) is 24.5. The Morgan fingerprint density at radius 2 is 0.730 bits per heavy atom. The smallest absolute Gasteiger partial charge is 0.313 e. The molecule has 0 aliphatic carbocycles. The Labute approximate surface area is 588 Å². The minimum absolute atomic E-state index is 0.00742. The summed E-state index contributed by atoms with van der Waals surface area (Å²) in [5.41, 5.74) is 8.79. The van der Waals surface area contributed by atoms with Gasteiger partial charge in [-0.15, -0.1) is 10.2 Å². The van der Waals surface area contributed by atoms with Crippen LogP contribution in [0.5, 0.6) is 0 Å². The van der Waals surface area contributed by atoms with E-state index in [1.54, 1.807) is 19.2 Å². The summed E-state index contributed by atoms with van der Waals surface area (Å²) in [6.45, 7) is 25.9. The van der Waals surface area contributed by atoms with Crippen molar-refractivity contribution in [2.75, 3.05) is 36.1 Å². The van der Waals surface area contributed by atoms with Crippen LogP contribution in [0.3, 0.4) is 0 Å². The van der Waals surface area contributed by atoms with Gasteiger partial charge in [-0.3, -0.25) is 47.9 Å². The monoisotopic (exact) mass is 1370 g/mol. The molecule has 0 saturated heterocycles. The number of carbonyl (C=O) groups excluding carboxylic acids is 10. The van der Waals surface area contributed by atoms with Gasteiger partial charge in [-0.05, 0) is 96.3 Å². The number of fused-ring (bicyclic) bond motifs is 10. The van der Waals surface area contributed by atoms with Gasteiger partial charge in [0.15, 0.2) is 11.6 Å². The summed E-state index contributed by atoms with van der Waals surface area (Å²) >= 11 is 0. The molecule has 8 rings (SSSR count). The standard InChI is InChI=1S/2C39H51N5O6/c1-38(2,3)19-11-14-28(45)23-35(49)50-22-21-40-33(47)24-34(48)43-25-27-13-7-8-16-30(27)37-36(31-17-9-10-18-32(31)43)41-42-44(37)26-29(46)15-12-20-39(4,5)6;1-38(2,3)19-11-14-28(45)23-35(49)50-22-21-40-33(47)24-34(48)43-25-27-13-7-8-16-30(27)36-37(31-17-9-10-18-32(31)43)44(42-41-36)26-29(46)15-12-20-39(4,5)6/h2*7-10,13,16-18H,11-12,14-15,19-26H2,1-6H3,(H,40,47). The van der Waals surface area contributed by atoms with E-state index in [0.29, 0.717) is 83.8 Å². The first kappa shape index (κ1) is 78.0. The SMILES string of the molecule is CC(C)(C)CCCC(=O)CC(=O)OCCNC(=O)CC(=O)N1Cc2ccccc2-c2c(nnn2CC(=O)CCCC(C)(C)C)-c2ccccc21.CC(C)(C)CCCC(=O)CC(=O)OCCNC(=O)CC(=O)N1Cc2ccccc2-c2nnn(CC(=O)CCCC(C)(C)C)c2-c2ccccc21. The van der Waals surface area contributed by atoms with Gasteiger partial charge in [0.05, 0.1) is 48.9 Å². The second-order valence-electron chi connectivity index (χ2n) is 30.9. The van der Waals surface area contributed by atoms with E-state index in [1.165, 1.54) is 0 Å². The summed E-state index contributed by atoms with van der Waals surface area (Å²) in [5.74, 6) is -3.37. The molecule has 4 heterocycles. The summed E-state index contributed by atoms with van der Waals surface area (Å²) in [5, 5.41) is 23.1. The third-order valence-corrected chi connectivity index (χ3v) is 17.0. The molecule has 2 aromatic heterocycles. The van der Waals surface area contributed by atoms with Gasteiger partial charge in [0, 0.05) is 47.9 Å². The van der Waals surface area contributed by atoms with Crippen LogP contribution in [0.4, 0.5) is 11.4 Å². The quantitative estimate of drug-likeness (QED) is 0.0241. The molecule has 2 N–H and O–H groups in total. The molecule has 0 radical (unpaired) electrons. The number of ketones is 4. The maximum Gasteiger partial charge on any atom is 0.313 e. The van der Waals surface area contributed by atoms with Crippen LogP contribution in [0.2, 0.25) is 0 Å². The van der Waals surface area contributed by atoms with E-state index in [2.05, 4.69) is 114 Å². The first-order chi connectivity index (χ1) is 47.2. The molecule has 2 aliphatic heterocycles. The number of Topliss-reactive ketones (excluding diaryl/α,β-unsaturated/α-hetero) is 4.